The molecule has 0 fully saturated rings. The number of hydrogen-bond acceptors (Lipinski definition) is 2. The maximum Gasteiger partial charge on any atom is 0.160 e. The monoisotopic (exact) mass is 605 g/mol. The Hall–Kier alpha value is -5.80. The van der Waals surface area contributed by atoms with Gasteiger partial charge in [0.05, 0.1) is 22.4 Å². The molecular formula is C44H35N3. The van der Waals surface area contributed by atoms with Crippen molar-refractivity contribution in [2.75, 3.05) is 0 Å². The molecule has 0 aliphatic carbocycles. The fraction of sp³-hybridized carbons (Fsp3) is 0.0909. The zero-order valence-corrected chi connectivity index (χ0v) is 26.9. The van der Waals surface area contributed by atoms with Gasteiger partial charge in [-0.3, -0.25) is 0 Å². The zero-order valence-electron chi connectivity index (χ0n) is 26.9. The van der Waals surface area contributed by atoms with E-state index in [9.17, 15) is 0 Å². The maximum absolute atomic E-state index is 5.07. The first-order valence-corrected chi connectivity index (χ1v) is 16.2. The van der Waals surface area contributed by atoms with E-state index in [-0.39, 0.29) is 5.41 Å². The molecule has 0 unspecified atom stereocenters. The van der Waals surface area contributed by atoms with E-state index in [1.54, 1.807) is 0 Å². The van der Waals surface area contributed by atoms with E-state index in [2.05, 4.69) is 159 Å². The van der Waals surface area contributed by atoms with Crippen LogP contribution >= 0.6 is 0 Å². The first-order chi connectivity index (χ1) is 22.9. The molecule has 0 amide bonds. The summed E-state index contributed by atoms with van der Waals surface area (Å²) in [5.41, 5.74) is 12.2. The number of benzene rings is 6. The molecule has 0 bridgehead atoms. The van der Waals surface area contributed by atoms with Gasteiger partial charge in [0.2, 0.25) is 0 Å². The summed E-state index contributed by atoms with van der Waals surface area (Å²) in [6, 6.07) is 55.8. The van der Waals surface area contributed by atoms with Crippen LogP contribution in [-0.4, -0.2) is 14.5 Å². The van der Waals surface area contributed by atoms with Crippen LogP contribution in [0.2, 0.25) is 0 Å². The molecule has 6 aromatic carbocycles. The molecule has 0 N–H and O–H groups in total. The van der Waals surface area contributed by atoms with E-state index in [0.717, 1.165) is 33.8 Å². The van der Waals surface area contributed by atoms with Crippen LogP contribution in [0.1, 0.15) is 26.3 Å². The summed E-state index contributed by atoms with van der Waals surface area (Å²) >= 11 is 0. The van der Waals surface area contributed by atoms with Gasteiger partial charge in [-0.05, 0) is 58.5 Å². The van der Waals surface area contributed by atoms with Gasteiger partial charge in [0.1, 0.15) is 0 Å². The summed E-state index contributed by atoms with van der Waals surface area (Å²) < 4.78 is 2.37. The Kier molecular flexibility index (Phi) is 7.03. The standard InChI is InChI=1S/C44H35N3/c1-44(2,3)35-24-27-42-38(28-35)37-16-10-11-17-41(37)47(42)36-25-22-33(23-26-36)40-29-39(45-43(46-40)34-14-8-5-9-15-34)32-20-18-31(19-21-32)30-12-6-4-7-13-30/h4-29H,1-3H3. The van der Waals surface area contributed by atoms with Crippen LogP contribution in [0.25, 0.3) is 72.5 Å². The third-order valence-electron chi connectivity index (χ3n) is 9.01. The number of para-hydroxylation sites is 1. The van der Waals surface area contributed by atoms with Gasteiger partial charge < -0.3 is 4.57 Å². The first-order valence-electron chi connectivity index (χ1n) is 16.2. The average Bonchev–Trinajstić information content (AvgIpc) is 3.46. The smallest absolute Gasteiger partial charge is 0.160 e. The van der Waals surface area contributed by atoms with Crippen molar-refractivity contribution >= 4 is 21.8 Å². The van der Waals surface area contributed by atoms with Crippen molar-refractivity contribution in [3.63, 3.8) is 0 Å². The Morgan fingerprint density at radius 2 is 0.936 bits per heavy atom. The molecule has 3 nitrogen and oxygen atoms in total. The van der Waals surface area contributed by atoms with Crippen molar-refractivity contribution in [3.05, 3.63) is 163 Å². The van der Waals surface area contributed by atoms with E-state index >= 15 is 0 Å². The Morgan fingerprint density at radius 1 is 0.426 bits per heavy atom. The molecule has 0 aliphatic heterocycles. The molecular weight excluding hydrogens is 571 g/mol. The van der Waals surface area contributed by atoms with Gasteiger partial charge >= 0.3 is 0 Å². The Balaban J connectivity index is 1.22. The Labute approximate surface area is 275 Å². The molecule has 0 saturated carbocycles. The number of nitrogens with zero attached hydrogens (tertiary/aromatic N) is 3. The summed E-state index contributed by atoms with van der Waals surface area (Å²) in [6.45, 7) is 6.81. The molecule has 0 atom stereocenters. The highest BCUT2D eigenvalue weighted by molar-refractivity contribution is 6.09. The molecule has 8 aromatic rings. The van der Waals surface area contributed by atoms with E-state index in [0.29, 0.717) is 5.82 Å². The molecule has 226 valence electrons. The minimum absolute atomic E-state index is 0.0813. The maximum atomic E-state index is 5.07. The van der Waals surface area contributed by atoms with Gasteiger partial charge in [-0.2, -0.15) is 0 Å². The molecule has 3 heteroatoms. The van der Waals surface area contributed by atoms with Crippen LogP contribution in [0.15, 0.2) is 158 Å². The molecule has 0 spiro atoms. The third-order valence-corrected chi connectivity index (χ3v) is 9.01. The average molecular weight is 606 g/mol. The van der Waals surface area contributed by atoms with Crippen LogP contribution in [0.3, 0.4) is 0 Å². The number of hydrogen-bond donors (Lipinski definition) is 0. The zero-order chi connectivity index (χ0) is 32.0. The number of fused-ring (bicyclic) bond motifs is 3. The van der Waals surface area contributed by atoms with Crippen LogP contribution in [-0.2, 0) is 5.41 Å². The van der Waals surface area contributed by atoms with Gasteiger partial charge in [-0.25, -0.2) is 9.97 Å². The summed E-state index contributed by atoms with van der Waals surface area (Å²) in [5, 5.41) is 2.55. The third kappa shape index (κ3) is 5.40. The fourth-order valence-electron chi connectivity index (χ4n) is 6.42. The lowest BCUT2D eigenvalue weighted by molar-refractivity contribution is 0.591. The Bertz CT molecular complexity index is 2340. The molecule has 47 heavy (non-hydrogen) atoms. The van der Waals surface area contributed by atoms with Crippen LogP contribution in [0.4, 0.5) is 0 Å². The molecule has 0 aliphatic rings. The van der Waals surface area contributed by atoms with Gasteiger partial charge in [-0.15, -0.1) is 0 Å². The van der Waals surface area contributed by atoms with Gasteiger partial charge in [0.25, 0.3) is 0 Å². The van der Waals surface area contributed by atoms with Crippen LogP contribution < -0.4 is 0 Å². The summed E-state index contributed by atoms with van der Waals surface area (Å²) in [7, 11) is 0. The minimum Gasteiger partial charge on any atom is -0.309 e. The van der Waals surface area contributed by atoms with Crippen LogP contribution in [0, 0.1) is 0 Å². The highest BCUT2D eigenvalue weighted by atomic mass is 15.0. The molecule has 2 aromatic heterocycles. The van der Waals surface area contributed by atoms with Crippen molar-refractivity contribution in [1.82, 2.24) is 14.5 Å². The predicted molar refractivity (Wildman–Crippen MR) is 197 cm³/mol. The molecule has 0 saturated heterocycles. The minimum atomic E-state index is 0.0813. The van der Waals surface area contributed by atoms with Crippen molar-refractivity contribution < 1.29 is 0 Å². The van der Waals surface area contributed by atoms with Crippen molar-refractivity contribution in [2.24, 2.45) is 0 Å². The molecule has 8 rings (SSSR count). The second-order valence-corrected chi connectivity index (χ2v) is 13.2. The van der Waals surface area contributed by atoms with E-state index in [4.69, 9.17) is 9.97 Å². The summed E-state index contributed by atoms with van der Waals surface area (Å²) in [4.78, 5) is 10.1. The fourth-order valence-corrected chi connectivity index (χ4v) is 6.42. The lowest BCUT2D eigenvalue weighted by Crippen LogP contribution is -2.10. The normalized spacial score (nSPS) is 11.7. The largest absolute Gasteiger partial charge is 0.309 e. The molecule has 0 radical (unpaired) electrons. The second kappa shape index (κ2) is 11.5. The van der Waals surface area contributed by atoms with E-state index in [1.165, 1.54) is 38.5 Å². The topological polar surface area (TPSA) is 30.7 Å². The van der Waals surface area contributed by atoms with E-state index in [1.807, 2.05) is 24.3 Å². The first kappa shape index (κ1) is 28.7. The lowest BCUT2D eigenvalue weighted by atomic mass is 9.86. The van der Waals surface area contributed by atoms with Gasteiger partial charge in [0.15, 0.2) is 5.82 Å². The van der Waals surface area contributed by atoms with Crippen molar-refractivity contribution in [3.8, 4) is 50.7 Å². The number of aromatic nitrogens is 3. The Morgan fingerprint density at radius 3 is 1.57 bits per heavy atom. The van der Waals surface area contributed by atoms with Gasteiger partial charge in [-0.1, -0.05) is 142 Å². The number of rotatable bonds is 5. The predicted octanol–water partition coefficient (Wildman–Crippen LogP) is 11.5. The highest BCUT2D eigenvalue weighted by Crippen LogP contribution is 2.36. The summed E-state index contributed by atoms with van der Waals surface area (Å²) in [5.74, 6) is 0.714. The molecule has 2 heterocycles. The SMILES string of the molecule is CC(C)(C)c1ccc2c(c1)c1ccccc1n2-c1ccc(-c2cc(-c3ccc(-c4ccccc4)cc3)nc(-c3ccccc3)n2)cc1. The summed E-state index contributed by atoms with van der Waals surface area (Å²) in [6.07, 6.45) is 0. The van der Waals surface area contributed by atoms with Crippen LogP contribution in [0.5, 0.6) is 0 Å². The van der Waals surface area contributed by atoms with Gasteiger partial charge in [0, 0.05) is 33.2 Å². The second-order valence-electron chi connectivity index (χ2n) is 13.2. The van der Waals surface area contributed by atoms with Crippen molar-refractivity contribution in [1.29, 1.82) is 0 Å². The lowest BCUT2D eigenvalue weighted by Gasteiger charge is -2.19. The van der Waals surface area contributed by atoms with E-state index < -0.39 is 0 Å². The highest BCUT2D eigenvalue weighted by Gasteiger charge is 2.18. The quantitative estimate of drug-likeness (QED) is 0.195. The van der Waals surface area contributed by atoms with Crippen molar-refractivity contribution in [2.45, 2.75) is 26.2 Å².